The van der Waals surface area contributed by atoms with Crippen LogP contribution in [-0.4, -0.2) is 163 Å². The largest absolute Gasteiger partial charge is 0.545 e. The lowest BCUT2D eigenvalue weighted by Gasteiger charge is -2.45. The molecule has 0 unspecified atom stereocenters. The van der Waals surface area contributed by atoms with Crippen molar-refractivity contribution in [2.24, 2.45) is 0 Å². The SMILES string of the molecule is CN(C)c1ccc2c(-c3cc(C(=O)NCC(=O)Nc4ccc(O[C@@H]5O[C@H](CO)[C@@H](O[C@@H]6O[C@H](CO)[C@H](O)[C@H](O)[C@H]6O)[C@H](O)[C@H]5O)cc4)ccc3C(=O)[O-])c3ccc(=[N+](C)C)cc-3oc2c1. The lowest BCUT2D eigenvalue weighted by Crippen LogP contribution is -2.65. The summed E-state index contributed by atoms with van der Waals surface area (Å²) in [4.78, 5) is 41.0. The van der Waals surface area contributed by atoms with Crippen LogP contribution in [0.3, 0.4) is 0 Å². The number of nitrogens with zero attached hydrogens (tertiary/aromatic N) is 2. The molecule has 0 spiro atoms. The van der Waals surface area contributed by atoms with Gasteiger partial charge in [-0.15, -0.1) is 0 Å². The van der Waals surface area contributed by atoms with Gasteiger partial charge in [0.15, 0.2) is 6.29 Å². The van der Waals surface area contributed by atoms with E-state index in [1.165, 1.54) is 42.5 Å². The topological polar surface area (TPSA) is 296 Å². The predicted octanol–water partition coefficient (Wildman–Crippen LogP) is -1.96. The second-order valence-corrected chi connectivity index (χ2v) is 16.1. The molecule has 346 valence electrons. The first kappa shape index (κ1) is 46.9. The molecule has 20 heteroatoms. The van der Waals surface area contributed by atoms with E-state index in [0.29, 0.717) is 27.9 Å². The maximum atomic E-state index is 13.5. The molecule has 2 fully saturated rings. The van der Waals surface area contributed by atoms with E-state index in [2.05, 4.69) is 10.6 Å². The number of ether oxygens (including phenoxy) is 4. The molecule has 3 aliphatic heterocycles. The molecular formula is C45H50N4O16. The molecule has 65 heavy (non-hydrogen) atoms. The van der Waals surface area contributed by atoms with Crippen molar-refractivity contribution < 1.29 is 78.6 Å². The van der Waals surface area contributed by atoms with Gasteiger partial charge in [-0.3, -0.25) is 9.59 Å². The molecule has 20 nitrogen and oxygen atoms in total. The number of benzene rings is 4. The molecule has 10 atom stereocenters. The number of hydrogen-bond donors (Lipinski definition) is 9. The zero-order chi connectivity index (χ0) is 46.9. The molecule has 3 aromatic rings. The smallest absolute Gasteiger partial charge is 0.251 e. The summed E-state index contributed by atoms with van der Waals surface area (Å²) in [5, 5.41) is 91.0. The van der Waals surface area contributed by atoms with Gasteiger partial charge in [0, 0.05) is 65.2 Å². The van der Waals surface area contributed by atoms with Crippen molar-refractivity contribution >= 4 is 40.1 Å². The summed E-state index contributed by atoms with van der Waals surface area (Å²) in [5.74, 6) is -2.14. The number of fused-ring (bicyclic) bond motifs is 2. The predicted molar refractivity (Wildman–Crippen MR) is 228 cm³/mol. The van der Waals surface area contributed by atoms with Gasteiger partial charge in [-0.05, 0) is 60.2 Å². The fourth-order valence-electron chi connectivity index (χ4n) is 7.66. The van der Waals surface area contributed by atoms with Crippen LogP contribution in [0.2, 0.25) is 0 Å². The number of hydrogen-bond acceptors (Lipinski definition) is 17. The van der Waals surface area contributed by atoms with Crippen LogP contribution < -0.4 is 35.3 Å². The third-order valence-electron chi connectivity index (χ3n) is 11.3. The van der Waals surface area contributed by atoms with Crippen molar-refractivity contribution in [3.8, 4) is 28.2 Å². The molecule has 3 heterocycles. The van der Waals surface area contributed by atoms with E-state index < -0.39 is 99.0 Å². The Hall–Kier alpha value is -6.04. The lowest BCUT2D eigenvalue weighted by atomic mass is 9.89. The summed E-state index contributed by atoms with van der Waals surface area (Å²) in [6, 6.07) is 20.8. The van der Waals surface area contributed by atoms with Crippen LogP contribution >= 0.6 is 0 Å². The molecule has 0 bridgehead atoms. The molecule has 2 amide bonds. The molecule has 0 aromatic heterocycles. The molecule has 2 saturated heterocycles. The Bertz CT molecular complexity index is 2580. The van der Waals surface area contributed by atoms with Gasteiger partial charge >= 0.3 is 0 Å². The van der Waals surface area contributed by atoms with Gasteiger partial charge in [0.05, 0.1) is 31.8 Å². The first-order valence-corrected chi connectivity index (χ1v) is 20.5. The number of amides is 2. The summed E-state index contributed by atoms with van der Waals surface area (Å²) in [7, 11) is 7.53. The number of anilines is 2. The number of aromatic carboxylic acids is 1. The van der Waals surface area contributed by atoms with Crippen molar-refractivity contribution in [3.05, 3.63) is 95.3 Å². The zero-order valence-corrected chi connectivity index (χ0v) is 35.6. The van der Waals surface area contributed by atoms with E-state index in [1.807, 2.05) is 74.1 Å². The maximum Gasteiger partial charge on any atom is 0.251 e. The molecule has 0 radical (unpaired) electrons. The third-order valence-corrected chi connectivity index (χ3v) is 11.3. The lowest BCUT2D eigenvalue weighted by molar-refractivity contribution is -0.352. The van der Waals surface area contributed by atoms with Crippen molar-refractivity contribution in [1.82, 2.24) is 9.89 Å². The van der Waals surface area contributed by atoms with Crippen LogP contribution in [0.1, 0.15) is 20.7 Å². The van der Waals surface area contributed by atoms with E-state index in [0.717, 1.165) is 11.0 Å². The second kappa shape index (κ2) is 19.6. The minimum Gasteiger partial charge on any atom is -0.545 e. The van der Waals surface area contributed by atoms with Crippen molar-refractivity contribution in [2.45, 2.75) is 61.4 Å². The Balaban J connectivity index is 1.01. The number of carbonyl (C=O) groups excluding carboxylic acids is 3. The monoisotopic (exact) mass is 902 g/mol. The molecule has 0 saturated carbocycles. The van der Waals surface area contributed by atoms with Crippen LogP contribution in [0.15, 0.2) is 83.3 Å². The molecule has 7 rings (SSSR count). The van der Waals surface area contributed by atoms with Crippen LogP contribution in [0, 0.1) is 0 Å². The first-order valence-electron chi connectivity index (χ1n) is 20.5. The van der Waals surface area contributed by atoms with Crippen LogP contribution in [-0.2, 0) is 19.0 Å². The number of carboxylic acids is 1. The number of carboxylic acid groups (broad SMARTS) is 1. The Morgan fingerprint density at radius 2 is 1.46 bits per heavy atom. The summed E-state index contributed by atoms with van der Waals surface area (Å²) >= 11 is 0. The van der Waals surface area contributed by atoms with Crippen LogP contribution in [0.4, 0.5) is 11.4 Å². The number of rotatable bonds is 13. The Labute approximate surface area is 371 Å². The van der Waals surface area contributed by atoms with E-state index in [1.54, 1.807) is 0 Å². The van der Waals surface area contributed by atoms with Crippen molar-refractivity contribution in [3.63, 3.8) is 0 Å². The minimum absolute atomic E-state index is 0.0728. The van der Waals surface area contributed by atoms with Crippen LogP contribution in [0.25, 0.3) is 33.4 Å². The van der Waals surface area contributed by atoms with Gasteiger partial charge in [0.25, 0.3) is 5.91 Å². The molecule has 4 aliphatic rings. The van der Waals surface area contributed by atoms with E-state index in [4.69, 9.17) is 23.4 Å². The molecular weight excluding hydrogens is 853 g/mol. The average Bonchev–Trinajstić information content (AvgIpc) is 3.29. The van der Waals surface area contributed by atoms with Crippen molar-refractivity contribution in [2.75, 3.05) is 58.2 Å². The highest BCUT2D eigenvalue weighted by Crippen LogP contribution is 2.42. The van der Waals surface area contributed by atoms with Gasteiger partial charge in [-0.1, -0.05) is 6.07 Å². The van der Waals surface area contributed by atoms with Gasteiger partial charge < -0.3 is 84.5 Å². The Morgan fingerprint density at radius 1 is 0.769 bits per heavy atom. The molecule has 9 N–H and O–H groups in total. The molecule has 1 aliphatic carbocycles. The summed E-state index contributed by atoms with van der Waals surface area (Å²) in [6.07, 6.45) is -16.2. The number of carbonyl (C=O) groups is 3. The zero-order valence-electron chi connectivity index (χ0n) is 35.6. The van der Waals surface area contributed by atoms with Crippen LogP contribution in [0.5, 0.6) is 5.75 Å². The van der Waals surface area contributed by atoms with E-state index in [9.17, 15) is 55.2 Å². The maximum absolute atomic E-state index is 13.5. The highest BCUT2D eigenvalue weighted by atomic mass is 16.7. The Morgan fingerprint density at radius 3 is 2.12 bits per heavy atom. The van der Waals surface area contributed by atoms with Gasteiger partial charge in [-0.25, -0.2) is 4.58 Å². The van der Waals surface area contributed by atoms with Crippen molar-refractivity contribution in [1.29, 1.82) is 0 Å². The summed E-state index contributed by atoms with van der Waals surface area (Å²) < 4.78 is 30.5. The van der Waals surface area contributed by atoms with E-state index in [-0.39, 0.29) is 28.1 Å². The van der Waals surface area contributed by atoms with Gasteiger partial charge in [0.2, 0.25) is 17.6 Å². The second-order valence-electron chi connectivity index (χ2n) is 16.1. The highest BCUT2D eigenvalue weighted by Gasteiger charge is 2.51. The minimum atomic E-state index is -1.82. The average molecular weight is 903 g/mol. The number of aliphatic hydroxyl groups is 7. The quantitative estimate of drug-likeness (QED) is 0.0458. The fourth-order valence-corrected chi connectivity index (χ4v) is 7.66. The van der Waals surface area contributed by atoms with E-state index >= 15 is 0 Å². The van der Waals surface area contributed by atoms with Gasteiger partial charge in [0.1, 0.15) is 80.0 Å². The molecule has 3 aromatic carbocycles. The third kappa shape index (κ3) is 9.82. The standard InChI is InChI=1S/C45H50N4O16/c1-48(2)23-8-13-27-30(16-23)62-31-17-24(49(3)4)9-14-28(31)35(27)29-15-21(5-12-26(29)43(59)60)42(58)46-18-34(52)47-22-6-10-25(11-7-22)61-44-40(57)38(55)41(33(20-51)64-44)65-45-39(56)37(54)36(53)32(19-50)63-45/h5-17,32-33,36-41,44-45,50-51,53-57H,18-20H2,1-4H3,(H2-,46,47,52,58,59,60)/t32-,33-,36+,37+,38-,39-,40-,41-,44-,45+/m1/s1. The summed E-state index contributed by atoms with van der Waals surface area (Å²) in [5.41, 5.74) is 2.84. The summed E-state index contributed by atoms with van der Waals surface area (Å²) in [6.45, 7) is -1.96. The number of nitrogens with one attached hydrogen (secondary N) is 2. The number of aliphatic hydroxyl groups excluding tert-OH is 7. The first-order chi connectivity index (χ1) is 31.0. The highest BCUT2D eigenvalue weighted by molar-refractivity contribution is 6.09. The normalized spacial score (nSPS) is 25.5. The fraction of sp³-hybridized carbons (Fsp3) is 0.378. The van der Waals surface area contributed by atoms with Gasteiger partial charge in [-0.2, -0.15) is 0 Å². The Kier molecular flexibility index (Phi) is 14.2.